The lowest BCUT2D eigenvalue weighted by molar-refractivity contribution is 0.0114. The molecule has 0 saturated carbocycles. The summed E-state index contributed by atoms with van der Waals surface area (Å²) in [7, 11) is 1.43. The lowest BCUT2D eigenvalue weighted by Crippen LogP contribution is -2.25. The van der Waals surface area contributed by atoms with Crippen molar-refractivity contribution in [1.29, 1.82) is 0 Å². The zero-order valence-corrected chi connectivity index (χ0v) is 10.5. The molecule has 0 aromatic heterocycles. The second kappa shape index (κ2) is 5.13. The van der Waals surface area contributed by atoms with Crippen LogP contribution < -0.4 is 4.74 Å². The molecule has 0 radical (unpaired) electrons. The first-order valence-electron chi connectivity index (χ1n) is 5.92. The largest absolute Gasteiger partial charge is 0.496 e. The van der Waals surface area contributed by atoms with Crippen LogP contribution in [0.3, 0.4) is 0 Å². The summed E-state index contributed by atoms with van der Waals surface area (Å²) >= 11 is 0. The Hall–Kier alpha value is -1.69. The molecular formula is C13H15F2NO3. The molecule has 1 aromatic carbocycles. The van der Waals surface area contributed by atoms with Crippen LogP contribution in [0.4, 0.5) is 8.78 Å². The van der Waals surface area contributed by atoms with Gasteiger partial charge in [0.05, 0.1) is 19.2 Å². The Morgan fingerprint density at radius 2 is 2.26 bits per heavy atom. The van der Waals surface area contributed by atoms with Gasteiger partial charge in [0, 0.05) is 25.1 Å². The molecule has 0 bridgehead atoms. The van der Waals surface area contributed by atoms with Gasteiger partial charge in [0.1, 0.15) is 5.75 Å². The van der Waals surface area contributed by atoms with Gasteiger partial charge in [-0.25, -0.2) is 13.6 Å². The third-order valence-corrected chi connectivity index (χ3v) is 3.18. The van der Waals surface area contributed by atoms with E-state index >= 15 is 0 Å². The van der Waals surface area contributed by atoms with E-state index in [4.69, 9.17) is 9.84 Å². The van der Waals surface area contributed by atoms with Crippen molar-refractivity contribution < 1.29 is 23.4 Å². The molecule has 1 saturated heterocycles. The Kier molecular flexibility index (Phi) is 3.71. The Bertz CT molecular complexity index is 491. The molecule has 1 fully saturated rings. The lowest BCUT2D eigenvalue weighted by Gasteiger charge is -2.17. The number of ether oxygens (including phenoxy) is 1. The van der Waals surface area contributed by atoms with Crippen LogP contribution in [0.2, 0.25) is 0 Å². The summed E-state index contributed by atoms with van der Waals surface area (Å²) in [5, 5.41) is 8.88. The molecule has 0 aliphatic carbocycles. The number of benzene rings is 1. The van der Waals surface area contributed by atoms with Crippen molar-refractivity contribution in [2.75, 3.05) is 20.2 Å². The van der Waals surface area contributed by atoms with Crippen LogP contribution >= 0.6 is 0 Å². The molecule has 4 nitrogen and oxygen atoms in total. The number of nitrogens with zero attached hydrogens (tertiary/aromatic N) is 1. The van der Waals surface area contributed by atoms with E-state index in [9.17, 15) is 13.6 Å². The molecule has 6 heteroatoms. The van der Waals surface area contributed by atoms with E-state index in [2.05, 4.69) is 0 Å². The number of rotatable bonds is 4. The normalized spacial score (nSPS) is 18.5. The van der Waals surface area contributed by atoms with Crippen molar-refractivity contribution in [2.45, 2.75) is 18.9 Å². The monoisotopic (exact) mass is 271 g/mol. The highest BCUT2D eigenvalue weighted by molar-refractivity contribution is 5.88. The maximum absolute atomic E-state index is 13.1. The Labute approximate surface area is 109 Å². The van der Waals surface area contributed by atoms with Crippen molar-refractivity contribution in [1.82, 2.24) is 4.90 Å². The van der Waals surface area contributed by atoms with E-state index in [1.807, 2.05) is 0 Å². The van der Waals surface area contributed by atoms with Gasteiger partial charge in [-0.1, -0.05) is 6.07 Å². The second-order valence-corrected chi connectivity index (χ2v) is 4.65. The predicted octanol–water partition coefficient (Wildman–Crippen LogP) is 2.23. The Morgan fingerprint density at radius 1 is 1.53 bits per heavy atom. The fourth-order valence-electron chi connectivity index (χ4n) is 2.19. The van der Waals surface area contributed by atoms with Crippen molar-refractivity contribution in [2.24, 2.45) is 0 Å². The van der Waals surface area contributed by atoms with Crippen LogP contribution in [-0.2, 0) is 6.54 Å². The van der Waals surface area contributed by atoms with Gasteiger partial charge < -0.3 is 9.84 Å². The number of carboxylic acid groups (broad SMARTS) is 1. The average Bonchev–Trinajstić information content (AvgIpc) is 2.69. The van der Waals surface area contributed by atoms with Gasteiger partial charge >= 0.3 is 5.97 Å². The molecule has 0 spiro atoms. The fourth-order valence-corrected chi connectivity index (χ4v) is 2.19. The van der Waals surface area contributed by atoms with Gasteiger partial charge in [-0.05, 0) is 12.1 Å². The van der Waals surface area contributed by atoms with E-state index in [0.717, 1.165) is 0 Å². The standard InChI is InChI=1S/C13H15F2NO3/c1-19-11-6-9(12(17)18)2-3-10(11)7-16-5-4-13(14,15)8-16/h2-3,6H,4-5,7-8H2,1H3,(H,17,18). The molecule has 1 aromatic rings. The van der Waals surface area contributed by atoms with Crippen LogP contribution in [0.5, 0.6) is 5.75 Å². The van der Waals surface area contributed by atoms with Crippen molar-refractivity contribution >= 4 is 5.97 Å². The average molecular weight is 271 g/mol. The number of methoxy groups -OCH3 is 1. The number of halogens is 2. The molecule has 1 aliphatic rings. The first kappa shape index (κ1) is 13.7. The summed E-state index contributed by atoms with van der Waals surface area (Å²) in [4.78, 5) is 12.5. The van der Waals surface area contributed by atoms with Crippen LogP contribution in [0.25, 0.3) is 0 Å². The van der Waals surface area contributed by atoms with E-state index < -0.39 is 11.9 Å². The number of carboxylic acids is 1. The summed E-state index contributed by atoms with van der Waals surface area (Å²) in [6.07, 6.45) is -0.136. The fraction of sp³-hybridized carbons (Fsp3) is 0.462. The molecular weight excluding hydrogens is 256 g/mol. The zero-order chi connectivity index (χ0) is 14.0. The minimum atomic E-state index is -2.63. The lowest BCUT2D eigenvalue weighted by atomic mass is 10.1. The number of carbonyl (C=O) groups is 1. The quantitative estimate of drug-likeness (QED) is 0.912. The van der Waals surface area contributed by atoms with Gasteiger partial charge in [0.15, 0.2) is 0 Å². The highest BCUT2D eigenvalue weighted by Crippen LogP contribution is 2.30. The van der Waals surface area contributed by atoms with E-state index in [0.29, 0.717) is 24.4 Å². The minimum Gasteiger partial charge on any atom is -0.496 e. The molecule has 104 valence electrons. The van der Waals surface area contributed by atoms with Crippen LogP contribution in [0, 0.1) is 0 Å². The zero-order valence-electron chi connectivity index (χ0n) is 10.5. The second-order valence-electron chi connectivity index (χ2n) is 4.65. The molecule has 1 aliphatic heterocycles. The van der Waals surface area contributed by atoms with Crippen LogP contribution in [0.15, 0.2) is 18.2 Å². The topological polar surface area (TPSA) is 49.8 Å². The molecule has 2 rings (SSSR count). The van der Waals surface area contributed by atoms with Crippen molar-refractivity contribution in [3.05, 3.63) is 29.3 Å². The number of aromatic carboxylic acids is 1. The Balaban J connectivity index is 2.14. The highest BCUT2D eigenvalue weighted by atomic mass is 19.3. The minimum absolute atomic E-state index is 0.118. The molecule has 1 heterocycles. The van der Waals surface area contributed by atoms with E-state index in [1.165, 1.54) is 19.2 Å². The van der Waals surface area contributed by atoms with Gasteiger partial charge in [0.25, 0.3) is 5.92 Å². The predicted molar refractivity (Wildman–Crippen MR) is 64.8 cm³/mol. The molecule has 1 N–H and O–H groups in total. The van der Waals surface area contributed by atoms with Crippen LogP contribution in [0.1, 0.15) is 22.3 Å². The maximum atomic E-state index is 13.1. The van der Waals surface area contributed by atoms with Gasteiger partial charge in [-0.15, -0.1) is 0 Å². The van der Waals surface area contributed by atoms with Gasteiger partial charge in [-0.2, -0.15) is 0 Å². The summed E-state index contributed by atoms with van der Waals surface area (Å²) < 4.78 is 31.3. The third-order valence-electron chi connectivity index (χ3n) is 3.18. The number of alkyl halides is 2. The van der Waals surface area contributed by atoms with Gasteiger partial charge in [0.2, 0.25) is 0 Å². The maximum Gasteiger partial charge on any atom is 0.335 e. The van der Waals surface area contributed by atoms with Crippen molar-refractivity contribution in [3.63, 3.8) is 0 Å². The molecule has 19 heavy (non-hydrogen) atoms. The smallest absolute Gasteiger partial charge is 0.335 e. The number of hydrogen-bond acceptors (Lipinski definition) is 3. The van der Waals surface area contributed by atoms with Gasteiger partial charge in [-0.3, -0.25) is 4.90 Å². The van der Waals surface area contributed by atoms with E-state index in [1.54, 1.807) is 11.0 Å². The van der Waals surface area contributed by atoms with Crippen molar-refractivity contribution in [3.8, 4) is 5.75 Å². The highest BCUT2D eigenvalue weighted by Gasteiger charge is 2.38. The summed E-state index contributed by atoms with van der Waals surface area (Å²) in [6.45, 7) is 0.395. The SMILES string of the molecule is COc1cc(C(=O)O)ccc1CN1CCC(F)(F)C1. The third kappa shape index (κ3) is 3.20. The summed E-state index contributed by atoms with van der Waals surface area (Å²) in [5.74, 6) is -3.26. The molecule has 0 unspecified atom stereocenters. The first-order chi connectivity index (χ1) is 8.91. The Morgan fingerprint density at radius 3 is 2.79 bits per heavy atom. The molecule has 0 atom stereocenters. The number of hydrogen-bond donors (Lipinski definition) is 1. The number of likely N-dealkylation sites (tertiary alicyclic amines) is 1. The first-order valence-corrected chi connectivity index (χ1v) is 5.92. The summed E-state index contributed by atoms with van der Waals surface area (Å²) in [6, 6.07) is 4.47. The molecule has 0 amide bonds. The summed E-state index contributed by atoms with van der Waals surface area (Å²) in [5.41, 5.74) is 0.831. The van der Waals surface area contributed by atoms with E-state index in [-0.39, 0.29) is 18.5 Å². The van der Waals surface area contributed by atoms with Crippen LogP contribution in [-0.4, -0.2) is 42.1 Å².